The molecule has 0 spiro atoms. The van der Waals surface area contributed by atoms with Crippen molar-refractivity contribution in [2.75, 3.05) is 4.90 Å². The molecule has 1 aromatic carbocycles. The summed E-state index contributed by atoms with van der Waals surface area (Å²) in [4.78, 5) is 28.6. The molecule has 1 amide bonds. The van der Waals surface area contributed by atoms with Crippen molar-refractivity contribution in [1.29, 1.82) is 0 Å². The zero-order valence-corrected chi connectivity index (χ0v) is 19.3. The number of carbonyl (C=O) groups is 2. The van der Waals surface area contributed by atoms with E-state index in [4.69, 9.17) is 16.3 Å². The molecule has 1 aromatic heterocycles. The molecule has 1 saturated carbocycles. The fraction of sp³-hybridized carbons (Fsp3) is 0.478. The maximum absolute atomic E-state index is 14.1. The maximum Gasteiger partial charge on any atom is 0.296 e. The van der Waals surface area contributed by atoms with Gasteiger partial charge in [-0.2, -0.15) is 0 Å². The van der Waals surface area contributed by atoms with E-state index in [1.54, 1.807) is 18.2 Å². The third-order valence-electron chi connectivity index (χ3n) is 6.19. The van der Waals surface area contributed by atoms with Crippen molar-refractivity contribution in [3.8, 4) is 0 Å². The molecule has 1 fully saturated rings. The lowest BCUT2D eigenvalue weighted by atomic mass is 9.77. The van der Waals surface area contributed by atoms with Gasteiger partial charge in [-0.3, -0.25) is 14.5 Å². The molecule has 5 rings (SSSR count). The summed E-state index contributed by atoms with van der Waals surface area (Å²) in [5.74, 6) is -0.767. The molecule has 9 heteroatoms. The van der Waals surface area contributed by atoms with Crippen LogP contribution < -0.4 is 4.90 Å². The average Bonchev–Trinajstić information content (AvgIpc) is 3.30. The Morgan fingerprint density at radius 1 is 1.28 bits per heavy atom. The van der Waals surface area contributed by atoms with Crippen LogP contribution >= 0.6 is 22.9 Å². The molecule has 168 valence electrons. The van der Waals surface area contributed by atoms with Crippen LogP contribution in [-0.4, -0.2) is 34.2 Å². The number of halogens is 2. The molecule has 3 aliphatic rings. The number of fused-ring (bicyclic) bond motifs is 1. The SMILES string of the molecule is CC(C)Cc1nnc(N2C(=O)C3=C(C(=O)C4CC(F)CCC4O3)C2c2cccc(Cl)c2)s1. The maximum atomic E-state index is 14.1. The molecule has 32 heavy (non-hydrogen) atoms. The molecule has 4 atom stereocenters. The highest BCUT2D eigenvalue weighted by molar-refractivity contribution is 7.15. The molecule has 1 aliphatic carbocycles. The monoisotopic (exact) mass is 475 g/mol. The van der Waals surface area contributed by atoms with Crippen LogP contribution in [0.4, 0.5) is 9.52 Å². The molecule has 0 N–H and O–H groups in total. The van der Waals surface area contributed by atoms with Crippen molar-refractivity contribution in [3.63, 3.8) is 0 Å². The van der Waals surface area contributed by atoms with Gasteiger partial charge in [0.2, 0.25) is 5.13 Å². The van der Waals surface area contributed by atoms with Gasteiger partial charge in [0.15, 0.2) is 11.5 Å². The van der Waals surface area contributed by atoms with Crippen LogP contribution in [0.5, 0.6) is 0 Å². The number of alkyl halides is 1. The second-order valence-corrected chi connectivity index (χ2v) is 10.5. The van der Waals surface area contributed by atoms with Crippen LogP contribution in [-0.2, 0) is 20.7 Å². The summed E-state index contributed by atoms with van der Waals surface area (Å²) in [5.41, 5.74) is 0.952. The van der Waals surface area contributed by atoms with Crippen molar-refractivity contribution < 1.29 is 18.7 Å². The Balaban J connectivity index is 1.60. The Kier molecular flexibility index (Phi) is 5.53. The van der Waals surface area contributed by atoms with Crippen LogP contribution in [0.3, 0.4) is 0 Å². The number of rotatable bonds is 4. The minimum absolute atomic E-state index is 0.0548. The van der Waals surface area contributed by atoms with Gasteiger partial charge in [-0.25, -0.2) is 4.39 Å². The molecule has 6 nitrogen and oxygen atoms in total. The van der Waals surface area contributed by atoms with Crippen LogP contribution in [0.2, 0.25) is 5.02 Å². The molecular weight excluding hydrogens is 453 g/mol. The third kappa shape index (κ3) is 3.63. The van der Waals surface area contributed by atoms with Gasteiger partial charge < -0.3 is 4.74 Å². The number of amides is 1. The Morgan fingerprint density at radius 3 is 2.84 bits per heavy atom. The highest BCUT2D eigenvalue weighted by Gasteiger charge is 2.54. The number of carbonyl (C=O) groups excluding carboxylic acids is 2. The number of ketones is 1. The van der Waals surface area contributed by atoms with Crippen LogP contribution in [0.1, 0.15) is 49.7 Å². The van der Waals surface area contributed by atoms with Crippen LogP contribution in [0.25, 0.3) is 0 Å². The van der Waals surface area contributed by atoms with Gasteiger partial charge in [0.25, 0.3) is 5.91 Å². The number of Topliss-reactive ketones (excluding diaryl/α,β-unsaturated/α-hetero) is 1. The average molecular weight is 476 g/mol. The molecule has 4 unspecified atom stereocenters. The Bertz CT molecular complexity index is 1120. The van der Waals surface area contributed by atoms with E-state index in [2.05, 4.69) is 24.0 Å². The predicted octanol–water partition coefficient (Wildman–Crippen LogP) is 4.84. The zero-order valence-electron chi connectivity index (χ0n) is 17.8. The van der Waals surface area contributed by atoms with E-state index in [0.717, 1.165) is 11.4 Å². The molecule has 0 bridgehead atoms. The van der Waals surface area contributed by atoms with Crippen molar-refractivity contribution in [3.05, 3.63) is 51.2 Å². The van der Waals surface area contributed by atoms with Gasteiger partial charge >= 0.3 is 0 Å². The van der Waals surface area contributed by atoms with E-state index in [1.165, 1.54) is 16.2 Å². The van der Waals surface area contributed by atoms with E-state index in [1.807, 2.05) is 6.07 Å². The minimum atomic E-state index is -1.04. The summed E-state index contributed by atoms with van der Waals surface area (Å²) in [5, 5.41) is 10.2. The first-order valence-electron chi connectivity index (χ1n) is 10.8. The second kappa shape index (κ2) is 8.23. The van der Waals surface area contributed by atoms with E-state index >= 15 is 0 Å². The Morgan fingerprint density at radius 2 is 2.09 bits per heavy atom. The standard InChI is InChI=1S/C23H23ClFN3O3S/c1-11(2)8-17-26-27-23(32-17)28-19(12-4-3-5-13(24)9-12)18-20(29)15-10-14(25)6-7-16(15)31-21(18)22(28)30/h3-5,9,11,14-16,19H,6-8,10H2,1-2H3. The molecule has 0 radical (unpaired) electrons. The summed E-state index contributed by atoms with van der Waals surface area (Å²) in [7, 11) is 0. The van der Waals surface area contributed by atoms with E-state index < -0.39 is 30.1 Å². The highest BCUT2D eigenvalue weighted by atomic mass is 35.5. The molecule has 0 saturated heterocycles. The molecule has 2 aromatic rings. The van der Waals surface area contributed by atoms with Crippen molar-refractivity contribution in [2.24, 2.45) is 11.8 Å². The van der Waals surface area contributed by atoms with Crippen LogP contribution in [0.15, 0.2) is 35.6 Å². The summed E-state index contributed by atoms with van der Waals surface area (Å²) in [6.07, 6.45) is 0.108. The van der Waals surface area contributed by atoms with Gasteiger partial charge in [-0.05, 0) is 42.9 Å². The Hall–Kier alpha value is -2.32. The largest absolute Gasteiger partial charge is 0.483 e. The first kappa shape index (κ1) is 21.5. The fourth-order valence-corrected chi connectivity index (χ4v) is 6.05. The third-order valence-corrected chi connectivity index (χ3v) is 7.37. The van der Waals surface area contributed by atoms with Crippen molar-refractivity contribution in [2.45, 2.75) is 57.8 Å². The summed E-state index contributed by atoms with van der Waals surface area (Å²) in [6, 6.07) is 6.33. The van der Waals surface area contributed by atoms with E-state index in [0.29, 0.717) is 34.5 Å². The predicted molar refractivity (Wildman–Crippen MR) is 119 cm³/mol. The molecule has 3 heterocycles. The Labute approximate surface area is 194 Å². The number of anilines is 1. The van der Waals surface area contributed by atoms with Gasteiger partial charge in [-0.1, -0.05) is 48.9 Å². The quantitative estimate of drug-likeness (QED) is 0.632. The lowest BCUT2D eigenvalue weighted by Crippen LogP contribution is -2.42. The summed E-state index contributed by atoms with van der Waals surface area (Å²) >= 11 is 7.58. The number of nitrogens with zero attached hydrogens (tertiary/aromatic N) is 3. The summed E-state index contributed by atoms with van der Waals surface area (Å²) in [6.45, 7) is 4.17. The normalized spacial score (nSPS) is 27.6. The van der Waals surface area contributed by atoms with Crippen molar-refractivity contribution in [1.82, 2.24) is 10.2 Å². The molecule has 2 aliphatic heterocycles. The lowest BCUT2D eigenvalue weighted by Gasteiger charge is -2.36. The number of hydrogen-bond acceptors (Lipinski definition) is 6. The second-order valence-electron chi connectivity index (χ2n) is 8.99. The number of aromatic nitrogens is 2. The minimum Gasteiger partial charge on any atom is -0.483 e. The highest BCUT2D eigenvalue weighted by Crippen LogP contribution is 2.49. The lowest BCUT2D eigenvalue weighted by molar-refractivity contribution is -0.133. The first-order chi connectivity index (χ1) is 15.3. The number of ether oxygens (including phenoxy) is 1. The summed E-state index contributed by atoms with van der Waals surface area (Å²) < 4.78 is 20.2. The van der Waals surface area contributed by atoms with Crippen LogP contribution in [0, 0.1) is 11.8 Å². The van der Waals surface area contributed by atoms with E-state index in [-0.39, 0.29) is 23.5 Å². The molecular formula is C23H23ClFN3O3S. The van der Waals surface area contributed by atoms with Gasteiger partial charge in [0.05, 0.1) is 17.5 Å². The zero-order chi connectivity index (χ0) is 22.6. The smallest absolute Gasteiger partial charge is 0.296 e. The van der Waals surface area contributed by atoms with Crippen molar-refractivity contribution >= 4 is 39.8 Å². The van der Waals surface area contributed by atoms with E-state index in [9.17, 15) is 14.0 Å². The number of hydrogen-bond donors (Lipinski definition) is 0. The van der Waals surface area contributed by atoms with Gasteiger partial charge in [0.1, 0.15) is 17.3 Å². The fourth-order valence-electron chi connectivity index (χ4n) is 4.78. The van der Waals surface area contributed by atoms with Gasteiger partial charge in [-0.15, -0.1) is 10.2 Å². The first-order valence-corrected chi connectivity index (χ1v) is 12.0. The number of benzene rings is 1. The topological polar surface area (TPSA) is 72.4 Å². The van der Waals surface area contributed by atoms with Gasteiger partial charge in [0, 0.05) is 11.4 Å².